The summed E-state index contributed by atoms with van der Waals surface area (Å²) in [5.74, 6) is 1.25. The summed E-state index contributed by atoms with van der Waals surface area (Å²) in [6.07, 6.45) is 5.42. The van der Waals surface area contributed by atoms with Crippen LogP contribution in [0.25, 0.3) is 11.3 Å². The van der Waals surface area contributed by atoms with Crippen LogP contribution in [0.3, 0.4) is 0 Å². The third-order valence-corrected chi connectivity index (χ3v) is 4.45. The summed E-state index contributed by atoms with van der Waals surface area (Å²) in [4.78, 5) is 17.3. The van der Waals surface area contributed by atoms with Gasteiger partial charge in [0.15, 0.2) is 11.5 Å². The van der Waals surface area contributed by atoms with E-state index in [-0.39, 0.29) is 5.91 Å². The highest BCUT2D eigenvalue weighted by Crippen LogP contribution is 2.39. The second kappa shape index (κ2) is 10.5. The zero-order chi connectivity index (χ0) is 22.2. The molecule has 31 heavy (non-hydrogen) atoms. The normalized spacial score (nSPS) is 10.6. The number of hydrogen-bond donors (Lipinski definition) is 1. The quantitative estimate of drug-likeness (QED) is 0.535. The molecule has 1 N–H and O–H groups in total. The number of pyridine rings is 1. The molecule has 2 aromatic heterocycles. The summed E-state index contributed by atoms with van der Waals surface area (Å²) >= 11 is 0. The van der Waals surface area contributed by atoms with Crippen LogP contribution in [0.2, 0.25) is 0 Å². The Morgan fingerprint density at radius 2 is 1.68 bits per heavy atom. The van der Waals surface area contributed by atoms with Gasteiger partial charge in [-0.25, -0.2) is 0 Å². The van der Waals surface area contributed by atoms with Gasteiger partial charge in [-0.3, -0.25) is 14.5 Å². The van der Waals surface area contributed by atoms with Crippen LogP contribution in [-0.4, -0.2) is 40.5 Å². The van der Waals surface area contributed by atoms with E-state index in [1.165, 1.54) is 0 Å². The van der Waals surface area contributed by atoms with Crippen molar-refractivity contribution in [2.75, 3.05) is 19.8 Å². The molecule has 0 aliphatic heterocycles. The van der Waals surface area contributed by atoms with Crippen molar-refractivity contribution < 1.29 is 19.0 Å². The number of nitrogens with one attached hydrogen (secondary N) is 1. The number of aryl methyl sites for hydroxylation is 1. The standard InChI is InChI=1S/C23H28N4O4/c1-5-29-20-10-17(11-21(30-6-2)22(20)31-7-3)23(28)25-13-16-8-9-19(24-12-16)18-14-26-27(4)15-18/h8-12,14-15H,5-7,13H2,1-4H3,(H,25,28). The molecule has 164 valence electrons. The van der Waals surface area contributed by atoms with Crippen molar-refractivity contribution in [1.82, 2.24) is 20.1 Å². The SMILES string of the molecule is CCOc1cc(C(=O)NCc2ccc(-c3cnn(C)c3)nc2)cc(OCC)c1OCC. The second-order valence-corrected chi connectivity index (χ2v) is 6.74. The Hall–Kier alpha value is -3.55. The van der Waals surface area contributed by atoms with Gasteiger partial charge in [0.2, 0.25) is 5.75 Å². The zero-order valence-corrected chi connectivity index (χ0v) is 18.3. The maximum absolute atomic E-state index is 12.8. The van der Waals surface area contributed by atoms with E-state index < -0.39 is 0 Å². The first kappa shape index (κ1) is 22.1. The van der Waals surface area contributed by atoms with Crippen molar-refractivity contribution in [3.63, 3.8) is 0 Å². The highest BCUT2D eigenvalue weighted by molar-refractivity contribution is 5.95. The molecule has 8 heteroatoms. The smallest absolute Gasteiger partial charge is 0.251 e. The molecule has 0 unspecified atom stereocenters. The van der Waals surface area contributed by atoms with Crippen molar-refractivity contribution >= 4 is 5.91 Å². The Labute approximate surface area is 182 Å². The van der Waals surface area contributed by atoms with Gasteiger partial charge in [0.25, 0.3) is 5.91 Å². The maximum atomic E-state index is 12.8. The fourth-order valence-electron chi connectivity index (χ4n) is 3.06. The molecular weight excluding hydrogens is 396 g/mol. The number of amides is 1. The van der Waals surface area contributed by atoms with E-state index in [0.29, 0.717) is 49.2 Å². The highest BCUT2D eigenvalue weighted by atomic mass is 16.5. The first-order valence-corrected chi connectivity index (χ1v) is 10.3. The first-order valence-electron chi connectivity index (χ1n) is 10.3. The monoisotopic (exact) mass is 424 g/mol. The summed E-state index contributed by atoms with van der Waals surface area (Å²) in [5.41, 5.74) is 3.11. The Balaban J connectivity index is 1.73. The van der Waals surface area contributed by atoms with Crippen molar-refractivity contribution in [3.8, 4) is 28.5 Å². The lowest BCUT2D eigenvalue weighted by Crippen LogP contribution is -2.23. The fraction of sp³-hybridized carbons (Fsp3) is 0.348. The maximum Gasteiger partial charge on any atom is 0.251 e. The van der Waals surface area contributed by atoms with E-state index in [4.69, 9.17) is 14.2 Å². The third-order valence-electron chi connectivity index (χ3n) is 4.45. The molecule has 1 aromatic carbocycles. The number of nitrogens with zero attached hydrogens (tertiary/aromatic N) is 3. The van der Waals surface area contributed by atoms with E-state index in [2.05, 4.69) is 15.4 Å². The van der Waals surface area contributed by atoms with Crippen LogP contribution in [0.15, 0.2) is 42.9 Å². The van der Waals surface area contributed by atoms with Crippen molar-refractivity contribution in [3.05, 3.63) is 54.0 Å². The zero-order valence-electron chi connectivity index (χ0n) is 18.3. The number of ether oxygens (including phenoxy) is 3. The topological polar surface area (TPSA) is 87.5 Å². The summed E-state index contributed by atoms with van der Waals surface area (Å²) in [7, 11) is 1.86. The Morgan fingerprint density at radius 3 is 2.19 bits per heavy atom. The minimum atomic E-state index is -0.235. The first-order chi connectivity index (χ1) is 15.0. The van der Waals surface area contributed by atoms with E-state index in [1.54, 1.807) is 29.2 Å². The molecular formula is C23H28N4O4. The van der Waals surface area contributed by atoms with E-state index in [0.717, 1.165) is 16.8 Å². The van der Waals surface area contributed by atoms with Crippen LogP contribution in [0.1, 0.15) is 36.7 Å². The van der Waals surface area contributed by atoms with Crippen molar-refractivity contribution in [1.29, 1.82) is 0 Å². The molecule has 0 saturated heterocycles. The van der Waals surface area contributed by atoms with Gasteiger partial charge in [-0.1, -0.05) is 6.07 Å². The van der Waals surface area contributed by atoms with E-state index in [1.807, 2.05) is 46.1 Å². The molecule has 0 aliphatic carbocycles. The molecule has 0 aliphatic rings. The predicted molar refractivity (Wildman–Crippen MR) is 118 cm³/mol. The fourth-order valence-corrected chi connectivity index (χ4v) is 3.06. The van der Waals surface area contributed by atoms with Crippen molar-refractivity contribution in [2.24, 2.45) is 7.05 Å². The molecule has 0 bridgehead atoms. The molecule has 1 amide bonds. The molecule has 0 radical (unpaired) electrons. The summed E-state index contributed by atoms with van der Waals surface area (Å²) in [6.45, 7) is 7.36. The van der Waals surface area contributed by atoms with E-state index >= 15 is 0 Å². The summed E-state index contributed by atoms with van der Waals surface area (Å²) < 4.78 is 18.8. The van der Waals surface area contributed by atoms with Crippen molar-refractivity contribution in [2.45, 2.75) is 27.3 Å². The predicted octanol–water partition coefficient (Wildman–Crippen LogP) is 3.61. The number of carbonyl (C=O) groups is 1. The molecule has 0 fully saturated rings. The molecule has 8 nitrogen and oxygen atoms in total. The largest absolute Gasteiger partial charge is 0.490 e. The van der Waals surface area contributed by atoms with Crippen LogP contribution in [0.4, 0.5) is 0 Å². The molecule has 0 spiro atoms. The van der Waals surface area contributed by atoms with Gasteiger partial charge in [-0.2, -0.15) is 5.10 Å². The molecule has 3 aromatic rings. The lowest BCUT2D eigenvalue weighted by atomic mass is 10.1. The van der Waals surface area contributed by atoms with Gasteiger partial charge in [0, 0.05) is 37.1 Å². The Kier molecular flexibility index (Phi) is 7.48. The third kappa shape index (κ3) is 5.53. The summed E-state index contributed by atoms with van der Waals surface area (Å²) in [5, 5.41) is 7.08. The number of carbonyl (C=O) groups excluding carboxylic acids is 1. The van der Waals surface area contributed by atoms with Crippen LogP contribution in [0.5, 0.6) is 17.2 Å². The molecule has 0 saturated carbocycles. The second-order valence-electron chi connectivity index (χ2n) is 6.74. The van der Waals surface area contributed by atoms with Gasteiger partial charge in [0.05, 0.1) is 31.7 Å². The molecule has 2 heterocycles. The average Bonchev–Trinajstić information content (AvgIpc) is 3.21. The summed E-state index contributed by atoms with van der Waals surface area (Å²) in [6, 6.07) is 7.20. The highest BCUT2D eigenvalue weighted by Gasteiger charge is 2.18. The Bertz CT molecular complexity index is 988. The van der Waals surface area contributed by atoms with Gasteiger partial charge in [-0.15, -0.1) is 0 Å². The van der Waals surface area contributed by atoms with E-state index in [9.17, 15) is 4.79 Å². The number of rotatable bonds is 10. The lowest BCUT2D eigenvalue weighted by Gasteiger charge is -2.17. The van der Waals surface area contributed by atoms with Gasteiger partial charge >= 0.3 is 0 Å². The van der Waals surface area contributed by atoms with Gasteiger partial charge in [0.1, 0.15) is 0 Å². The minimum absolute atomic E-state index is 0.235. The lowest BCUT2D eigenvalue weighted by molar-refractivity contribution is 0.0949. The number of benzene rings is 1. The number of hydrogen-bond acceptors (Lipinski definition) is 6. The molecule has 3 rings (SSSR count). The van der Waals surface area contributed by atoms with Crippen LogP contribution in [0, 0.1) is 0 Å². The van der Waals surface area contributed by atoms with Crippen LogP contribution >= 0.6 is 0 Å². The van der Waals surface area contributed by atoms with Crippen LogP contribution in [-0.2, 0) is 13.6 Å². The Morgan fingerprint density at radius 1 is 1.00 bits per heavy atom. The average molecular weight is 425 g/mol. The van der Waals surface area contributed by atoms with Gasteiger partial charge < -0.3 is 19.5 Å². The molecule has 0 atom stereocenters. The minimum Gasteiger partial charge on any atom is -0.490 e. The number of aromatic nitrogens is 3. The van der Waals surface area contributed by atoms with Crippen LogP contribution < -0.4 is 19.5 Å². The van der Waals surface area contributed by atoms with Gasteiger partial charge in [-0.05, 0) is 44.5 Å².